The minimum atomic E-state index is 0.181. The van der Waals surface area contributed by atoms with E-state index < -0.39 is 0 Å². The molecule has 0 atom stereocenters. The lowest BCUT2D eigenvalue weighted by Gasteiger charge is -2.21. The maximum absolute atomic E-state index is 12.7. The molecule has 0 bridgehead atoms. The largest absolute Gasteiger partial charge is 0.337 e. The summed E-state index contributed by atoms with van der Waals surface area (Å²) >= 11 is 7.52. The summed E-state index contributed by atoms with van der Waals surface area (Å²) in [5, 5.41) is 4.88. The van der Waals surface area contributed by atoms with Gasteiger partial charge in [0.25, 0.3) is 5.91 Å². The summed E-state index contributed by atoms with van der Waals surface area (Å²) in [6.07, 6.45) is 5.51. The van der Waals surface area contributed by atoms with Gasteiger partial charge in [0.1, 0.15) is 0 Å². The molecule has 24 heavy (non-hydrogen) atoms. The molecule has 2 aromatic heterocycles. The van der Waals surface area contributed by atoms with E-state index in [-0.39, 0.29) is 5.91 Å². The van der Waals surface area contributed by atoms with E-state index in [0.717, 1.165) is 57.0 Å². The Labute approximate surface area is 151 Å². The SMILES string of the molecule is CCc1ccc(C(=O)N2CCCN(CCn3cc(Cl)cn3)CC2)s1. The van der Waals surface area contributed by atoms with Crippen molar-refractivity contribution in [3.63, 3.8) is 0 Å². The summed E-state index contributed by atoms with van der Waals surface area (Å²) in [5.41, 5.74) is 0. The van der Waals surface area contributed by atoms with Gasteiger partial charge in [0.15, 0.2) is 0 Å². The maximum Gasteiger partial charge on any atom is 0.263 e. The molecule has 3 rings (SSSR count). The van der Waals surface area contributed by atoms with Gasteiger partial charge >= 0.3 is 0 Å². The fourth-order valence-electron chi connectivity index (χ4n) is 2.94. The van der Waals surface area contributed by atoms with Gasteiger partial charge in [-0.3, -0.25) is 14.4 Å². The minimum Gasteiger partial charge on any atom is -0.337 e. The van der Waals surface area contributed by atoms with E-state index in [9.17, 15) is 4.79 Å². The molecule has 1 aliphatic heterocycles. The average Bonchev–Trinajstić information content (AvgIpc) is 3.16. The van der Waals surface area contributed by atoms with Gasteiger partial charge < -0.3 is 4.90 Å². The maximum atomic E-state index is 12.7. The summed E-state index contributed by atoms with van der Waals surface area (Å²) in [7, 11) is 0. The van der Waals surface area contributed by atoms with Gasteiger partial charge in [0.2, 0.25) is 0 Å². The van der Waals surface area contributed by atoms with Crippen LogP contribution in [0.15, 0.2) is 24.5 Å². The first kappa shape index (κ1) is 17.5. The van der Waals surface area contributed by atoms with Crippen molar-refractivity contribution >= 4 is 28.8 Å². The van der Waals surface area contributed by atoms with Crippen molar-refractivity contribution in [2.75, 3.05) is 32.7 Å². The van der Waals surface area contributed by atoms with Crippen LogP contribution >= 0.6 is 22.9 Å². The van der Waals surface area contributed by atoms with Crippen LogP contribution in [0.3, 0.4) is 0 Å². The molecule has 7 heteroatoms. The van der Waals surface area contributed by atoms with E-state index >= 15 is 0 Å². The predicted molar refractivity (Wildman–Crippen MR) is 97.9 cm³/mol. The first-order chi connectivity index (χ1) is 11.7. The first-order valence-corrected chi connectivity index (χ1v) is 9.63. The fourth-order valence-corrected chi connectivity index (χ4v) is 4.01. The van der Waals surface area contributed by atoms with E-state index in [1.165, 1.54) is 4.88 Å². The van der Waals surface area contributed by atoms with Crippen LogP contribution in [0, 0.1) is 0 Å². The quantitative estimate of drug-likeness (QED) is 0.816. The van der Waals surface area contributed by atoms with Crippen LogP contribution in [0.25, 0.3) is 0 Å². The van der Waals surface area contributed by atoms with Crippen LogP contribution in [0.1, 0.15) is 27.9 Å². The Hall–Kier alpha value is -1.37. The Morgan fingerprint density at radius 3 is 2.83 bits per heavy atom. The smallest absolute Gasteiger partial charge is 0.263 e. The average molecular weight is 367 g/mol. The number of hydrogen-bond acceptors (Lipinski definition) is 4. The number of rotatable bonds is 5. The standard InChI is InChI=1S/C17H23ClN4OS/c1-2-15-4-5-16(24-15)17(23)21-7-3-6-20(8-10-21)9-11-22-13-14(18)12-19-22/h4-5,12-13H,2-3,6-11H2,1H3. The molecule has 1 saturated heterocycles. The third kappa shape index (κ3) is 4.37. The second kappa shape index (κ2) is 8.14. The summed E-state index contributed by atoms with van der Waals surface area (Å²) in [6.45, 7) is 7.43. The summed E-state index contributed by atoms with van der Waals surface area (Å²) in [6, 6.07) is 4.03. The number of thiophene rings is 1. The van der Waals surface area contributed by atoms with E-state index in [0.29, 0.717) is 5.02 Å². The number of hydrogen-bond donors (Lipinski definition) is 0. The van der Waals surface area contributed by atoms with Crippen molar-refractivity contribution in [3.8, 4) is 0 Å². The number of aromatic nitrogens is 2. The third-order valence-corrected chi connectivity index (χ3v) is 5.76. The van der Waals surface area contributed by atoms with Crippen LogP contribution in [-0.2, 0) is 13.0 Å². The molecule has 0 N–H and O–H groups in total. The Balaban J connectivity index is 1.51. The highest BCUT2D eigenvalue weighted by molar-refractivity contribution is 7.14. The molecule has 1 amide bonds. The Kier molecular flexibility index (Phi) is 5.92. The predicted octanol–water partition coefficient (Wildman–Crippen LogP) is 3.01. The summed E-state index contributed by atoms with van der Waals surface area (Å²) < 4.78 is 1.87. The van der Waals surface area contributed by atoms with Gasteiger partial charge in [-0.05, 0) is 31.5 Å². The van der Waals surface area contributed by atoms with Gasteiger partial charge in [0, 0.05) is 37.3 Å². The topological polar surface area (TPSA) is 41.4 Å². The third-order valence-electron chi connectivity index (χ3n) is 4.34. The number of halogens is 1. The number of carbonyl (C=O) groups excluding carboxylic acids is 1. The molecule has 1 aliphatic rings. The van der Waals surface area contributed by atoms with Gasteiger partial charge in [-0.25, -0.2) is 0 Å². The zero-order valence-corrected chi connectivity index (χ0v) is 15.5. The van der Waals surface area contributed by atoms with Crippen LogP contribution in [-0.4, -0.2) is 58.2 Å². The molecule has 0 radical (unpaired) electrons. The molecule has 0 unspecified atom stereocenters. The zero-order chi connectivity index (χ0) is 16.9. The number of amides is 1. The highest BCUT2D eigenvalue weighted by Gasteiger charge is 2.21. The van der Waals surface area contributed by atoms with E-state index in [4.69, 9.17) is 11.6 Å². The number of nitrogens with zero attached hydrogens (tertiary/aromatic N) is 4. The second-order valence-corrected chi connectivity index (χ2v) is 7.63. The lowest BCUT2D eigenvalue weighted by molar-refractivity contribution is 0.0766. The van der Waals surface area contributed by atoms with E-state index in [2.05, 4.69) is 23.0 Å². The fraction of sp³-hybridized carbons (Fsp3) is 0.529. The van der Waals surface area contributed by atoms with E-state index in [1.807, 2.05) is 21.8 Å². The molecule has 0 aromatic carbocycles. The highest BCUT2D eigenvalue weighted by Crippen LogP contribution is 2.19. The van der Waals surface area contributed by atoms with Crippen molar-refractivity contribution in [1.29, 1.82) is 0 Å². The van der Waals surface area contributed by atoms with Crippen LogP contribution in [0.4, 0.5) is 0 Å². The van der Waals surface area contributed by atoms with Crippen molar-refractivity contribution < 1.29 is 4.79 Å². The van der Waals surface area contributed by atoms with Crippen molar-refractivity contribution in [2.24, 2.45) is 0 Å². The highest BCUT2D eigenvalue weighted by atomic mass is 35.5. The van der Waals surface area contributed by atoms with E-state index in [1.54, 1.807) is 17.5 Å². The molecular formula is C17H23ClN4OS. The van der Waals surface area contributed by atoms with Crippen LogP contribution in [0.5, 0.6) is 0 Å². The minimum absolute atomic E-state index is 0.181. The number of carbonyl (C=O) groups is 1. The Morgan fingerprint density at radius 2 is 2.12 bits per heavy atom. The molecule has 0 spiro atoms. The van der Waals surface area contributed by atoms with Crippen LogP contribution < -0.4 is 0 Å². The Bertz CT molecular complexity index is 684. The molecule has 3 heterocycles. The van der Waals surface area contributed by atoms with Gasteiger partial charge in [-0.15, -0.1) is 11.3 Å². The molecule has 2 aromatic rings. The monoisotopic (exact) mass is 366 g/mol. The molecule has 5 nitrogen and oxygen atoms in total. The Morgan fingerprint density at radius 1 is 1.25 bits per heavy atom. The van der Waals surface area contributed by atoms with Gasteiger partial charge in [-0.2, -0.15) is 5.10 Å². The molecule has 1 fully saturated rings. The lowest BCUT2D eigenvalue weighted by atomic mass is 10.3. The lowest BCUT2D eigenvalue weighted by Crippen LogP contribution is -2.35. The molecule has 0 aliphatic carbocycles. The molecule has 0 saturated carbocycles. The van der Waals surface area contributed by atoms with Gasteiger partial charge in [0.05, 0.1) is 22.6 Å². The van der Waals surface area contributed by atoms with Crippen molar-refractivity contribution in [1.82, 2.24) is 19.6 Å². The zero-order valence-electron chi connectivity index (χ0n) is 13.9. The number of aryl methyl sites for hydroxylation is 1. The normalized spacial score (nSPS) is 16.3. The van der Waals surface area contributed by atoms with Crippen molar-refractivity contribution in [3.05, 3.63) is 39.3 Å². The summed E-state index contributed by atoms with van der Waals surface area (Å²) in [5.74, 6) is 0.181. The van der Waals surface area contributed by atoms with Crippen molar-refractivity contribution in [2.45, 2.75) is 26.3 Å². The first-order valence-electron chi connectivity index (χ1n) is 8.44. The molecular weight excluding hydrogens is 344 g/mol. The van der Waals surface area contributed by atoms with Crippen LogP contribution in [0.2, 0.25) is 5.02 Å². The molecule has 130 valence electrons. The summed E-state index contributed by atoms with van der Waals surface area (Å²) in [4.78, 5) is 19.2. The van der Waals surface area contributed by atoms with Gasteiger partial charge in [-0.1, -0.05) is 18.5 Å². The second-order valence-electron chi connectivity index (χ2n) is 6.03.